The van der Waals surface area contributed by atoms with E-state index in [-0.39, 0.29) is 5.82 Å². The van der Waals surface area contributed by atoms with Crippen molar-refractivity contribution in [3.63, 3.8) is 0 Å². The zero-order chi connectivity index (χ0) is 19.9. The van der Waals surface area contributed by atoms with E-state index in [2.05, 4.69) is 25.6 Å². The van der Waals surface area contributed by atoms with Gasteiger partial charge in [-0.3, -0.25) is 4.98 Å². The lowest BCUT2D eigenvalue weighted by Gasteiger charge is -2.12. The van der Waals surface area contributed by atoms with Crippen molar-refractivity contribution in [3.8, 4) is 11.3 Å². The summed E-state index contributed by atoms with van der Waals surface area (Å²) in [5, 5.41) is 6.47. The third-order valence-corrected chi connectivity index (χ3v) is 4.41. The second-order valence-corrected chi connectivity index (χ2v) is 6.48. The van der Waals surface area contributed by atoms with Gasteiger partial charge in [0.15, 0.2) is 0 Å². The lowest BCUT2D eigenvalue weighted by atomic mass is 10.1. The summed E-state index contributed by atoms with van der Waals surface area (Å²) < 4.78 is 13.9. The molecule has 0 atom stereocenters. The molecule has 0 aliphatic carbocycles. The molecule has 0 amide bonds. The van der Waals surface area contributed by atoms with Gasteiger partial charge in [0.2, 0.25) is 5.95 Å². The Morgan fingerprint density at radius 3 is 2.31 bits per heavy atom. The normalized spacial score (nSPS) is 10.5. The Labute approximate surface area is 168 Å². The van der Waals surface area contributed by atoms with Gasteiger partial charge in [0.05, 0.1) is 5.69 Å². The van der Waals surface area contributed by atoms with Crippen molar-refractivity contribution in [2.45, 2.75) is 13.1 Å². The summed E-state index contributed by atoms with van der Waals surface area (Å²) in [6.45, 7) is 0.912. The van der Waals surface area contributed by atoms with Gasteiger partial charge in [0.25, 0.3) is 0 Å². The topological polar surface area (TPSA) is 62.7 Å². The predicted octanol–water partition coefficient (Wildman–Crippen LogP) is 4.90. The quantitative estimate of drug-likeness (QED) is 0.474. The summed E-state index contributed by atoms with van der Waals surface area (Å²) in [6, 6.07) is 22.3. The molecule has 0 fully saturated rings. The van der Waals surface area contributed by atoms with Crippen LogP contribution in [-0.2, 0) is 13.1 Å². The minimum Gasteiger partial charge on any atom is -0.366 e. The maximum atomic E-state index is 13.9. The molecule has 5 nitrogen and oxygen atoms in total. The molecule has 0 bridgehead atoms. The number of nitrogens with zero attached hydrogens (tertiary/aromatic N) is 3. The van der Waals surface area contributed by atoms with Crippen LogP contribution in [0.2, 0.25) is 0 Å². The first-order valence-corrected chi connectivity index (χ1v) is 9.32. The highest BCUT2D eigenvalue weighted by Gasteiger charge is 2.08. The lowest BCUT2D eigenvalue weighted by Crippen LogP contribution is -2.08. The molecule has 0 radical (unpaired) electrons. The monoisotopic (exact) mass is 385 g/mol. The van der Waals surface area contributed by atoms with E-state index in [1.165, 1.54) is 6.07 Å². The van der Waals surface area contributed by atoms with E-state index >= 15 is 0 Å². The van der Waals surface area contributed by atoms with Crippen LogP contribution < -0.4 is 10.6 Å². The fraction of sp³-hybridized carbons (Fsp3) is 0.0870. The molecular formula is C23H20FN5. The highest BCUT2D eigenvalue weighted by Crippen LogP contribution is 2.22. The smallest absolute Gasteiger partial charge is 0.225 e. The molecule has 0 saturated heterocycles. The first-order chi connectivity index (χ1) is 14.3. The van der Waals surface area contributed by atoms with Crippen LogP contribution in [0.1, 0.15) is 11.1 Å². The number of nitrogens with one attached hydrogen (secondary N) is 2. The molecule has 2 heterocycles. The van der Waals surface area contributed by atoms with Gasteiger partial charge in [-0.25, -0.2) is 9.37 Å². The van der Waals surface area contributed by atoms with E-state index in [9.17, 15) is 4.39 Å². The van der Waals surface area contributed by atoms with Gasteiger partial charge in [0.1, 0.15) is 11.6 Å². The fourth-order valence-electron chi connectivity index (χ4n) is 2.88. The number of benzene rings is 2. The van der Waals surface area contributed by atoms with Crippen molar-refractivity contribution < 1.29 is 4.39 Å². The Bertz CT molecular complexity index is 1070. The van der Waals surface area contributed by atoms with Crippen molar-refractivity contribution in [2.24, 2.45) is 0 Å². The average molecular weight is 385 g/mol. The molecule has 0 saturated carbocycles. The highest BCUT2D eigenvalue weighted by molar-refractivity contribution is 5.64. The van der Waals surface area contributed by atoms with E-state index in [1.54, 1.807) is 24.5 Å². The number of halogens is 1. The molecule has 0 spiro atoms. The van der Waals surface area contributed by atoms with Crippen LogP contribution in [0.25, 0.3) is 11.3 Å². The molecule has 0 aliphatic rings. The Hall–Kier alpha value is -3.80. The third kappa shape index (κ3) is 4.93. The molecule has 144 valence electrons. The summed E-state index contributed by atoms with van der Waals surface area (Å²) in [7, 11) is 0. The van der Waals surface area contributed by atoms with Crippen LogP contribution in [0.15, 0.2) is 85.2 Å². The summed E-state index contributed by atoms with van der Waals surface area (Å²) in [6.07, 6.45) is 3.50. The van der Waals surface area contributed by atoms with Crippen molar-refractivity contribution in [1.82, 2.24) is 15.0 Å². The fourth-order valence-corrected chi connectivity index (χ4v) is 2.88. The third-order valence-electron chi connectivity index (χ3n) is 4.41. The number of anilines is 2. The first-order valence-electron chi connectivity index (χ1n) is 9.32. The Morgan fingerprint density at radius 1 is 0.759 bits per heavy atom. The minimum absolute atomic E-state index is 0.242. The molecule has 0 aliphatic heterocycles. The van der Waals surface area contributed by atoms with Crippen LogP contribution in [0.4, 0.5) is 16.2 Å². The van der Waals surface area contributed by atoms with Crippen LogP contribution >= 0.6 is 0 Å². The van der Waals surface area contributed by atoms with Crippen LogP contribution in [0.5, 0.6) is 0 Å². The molecule has 2 aromatic carbocycles. The van der Waals surface area contributed by atoms with Crippen molar-refractivity contribution in [2.75, 3.05) is 10.6 Å². The van der Waals surface area contributed by atoms with E-state index in [4.69, 9.17) is 0 Å². The summed E-state index contributed by atoms with van der Waals surface area (Å²) in [4.78, 5) is 13.2. The number of rotatable bonds is 7. The predicted molar refractivity (Wildman–Crippen MR) is 113 cm³/mol. The molecule has 4 aromatic rings. The largest absolute Gasteiger partial charge is 0.366 e. The molecular weight excluding hydrogens is 365 g/mol. The Kier molecular flexibility index (Phi) is 5.71. The Morgan fingerprint density at radius 2 is 1.52 bits per heavy atom. The van der Waals surface area contributed by atoms with E-state index in [0.717, 1.165) is 16.8 Å². The Balaban J connectivity index is 1.58. The van der Waals surface area contributed by atoms with Crippen molar-refractivity contribution in [1.29, 1.82) is 0 Å². The van der Waals surface area contributed by atoms with E-state index in [0.29, 0.717) is 30.4 Å². The van der Waals surface area contributed by atoms with Crippen LogP contribution in [0, 0.1) is 5.82 Å². The molecule has 2 N–H and O–H groups in total. The highest BCUT2D eigenvalue weighted by atomic mass is 19.1. The number of hydrogen-bond donors (Lipinski definition) is 2. The van der Waals surface area contributed by atoms with Gasteiger partial charge in [0, 0.05) is 42.7 Å². The van der Waals surface area contributed by atoms with E-state index in [1.807, 2.05) is 54.6 Å². The summed E-state index contributed by atoms with van der Waals surface area (Å²) >= 11 is 0. The zero-order valence-electron chi connectivity index (χ0n) is 15.7. The molecule has 0 unspecified atom stereocenters. The van der Waals surface area contributed by atoms with Gasteiger partial charge < -0.3 is 10.6 Å². The maximum Gasteiger partial charge on any atom is 0.225 e. The van der Waals surface area contributed by atoms with E-state index < -0.39 is 0 Å². The van der Waals surface area contributed by atoms with Gasteiger partial charge in [-0.05, 0) is 23.8 Å². The molecule has 2 aromatic heterocycles. The summed E-state index contributed by atoms with van der Waals surface area (Å²) in [5.41, 5.74) is 3.43. The second kappa shape index (κ2) is 8.93. The zero-order valence-corrected chi connectivity index (χ0v) is 15.7. The second-order valence-electron chi connectivity index (χ2n) is 6.48. The number of aromatic nitrogens is 3. The van der Waals surface area contributed by atoms with Gasteiger partial charge in [-0.15, -0.1) is 0 Å². The van der Waals surface area contributed by atoms with Gasteiger partial charge >= 0.3 is 0 Å². The van der Waals surface area contributed by atoms with Crippen LogP contribution in [0.3, 0.4) is 0 Å². The van der Waals surface area contributed by atoms with Gasteiger partial charge in [-0.1, -0.05) is 48.5 Å². The molecule has 6 heteroatoms. The SMILES string of the molecule is Fc1ccccc1CNc1cc(-c2ccccc2)nc(NCc2ccncc2)n1. The first kappa shape index (κ1) is 18.6. The standard InChI is InChI=1S/C23H20FN5/c24-20-9-5-4-8-19(20)16-26-22-14-21(18-6-2-1-3-7-18)28-23(29-22)27-15-17-10-12-25-13-11-17/h1-14H,15-16H2,(H2,26,27,28,29). The summed E-state index contributed by atoms with van der Waals surface area (Å²) in [5.74, 6) is 0.881. The van der Waals surface area contributed by atoms with Gasteiger partial charge in [-0.2, -0.15) is 4.98 Å². The maximum absolute atomic E-state index is 13.9. The minimum atomic E-state index is -0.242. The van der Waals surface area contributed by atoms with Crippen molar-refractivity contribution in [3.05, 3.63) is 102 Å². The number of pyridine rings is 1. The number of hydrogen-bond acceptors (Lipinski definition) is 5. The lowest BCUT2D eigenvalue weighted by molar-refractivity contribution is 0.613. The molecule has 4 rings (SSSR count). The molecule has 29 heavy (non-hydrogen) atoms. The van der Waals surface area contributed by atoms with Crippen molar-refractivity contribution >= 4 is 11.8 Å². The average Bonchev–Trinajstić information content (AvgIpc) is 2.78. The van der Waals surface area contributed by atoms with Crippen LogP contribution in [-0.4, -0.2) is 15.0 Å².